The van der Waals surface area contributed by atoms with E-state index in [0.717, 1.165) is 5.56 Å². The van der Waals surface area contributed by atoms with Crippen LogP contribution in [-0.4, -0.2) is 10.9 Å². The first kappa shape index (κ1) is 10.8. The first-order valence-corrected chi connectivity index (χ1v) is 5.29. The summed E-state index contributed by atoms with van der Waals surface area (Å²) in [7, 11) is 0. The Hall–Kier alpha value is -1.74. The summed E-state index contributed by atoms with van der Waals surface area (Å²) < 4.78 is 0. The summed E-state index contributed by atoms with van der Waals surface area (Å²) >= 11 is 5.91. The molecule has 0 aliphatic rings. The fraction of sp³-hybridized carbons (Fsp3) is 0.0833. The third kappa shape index (κ3) is 2.44. The molecule has 0 fully saturated rings. The Labute approximate surface area is 98.4 Å². The molecular weight excluding hydrogens is 224 g/mol. The second-order valence-electron chi connectivity index (χ2n) is 3.38. The molecule has 0 bridgehead atoms. The first-order valence-electron chi connectivity index (χ1n) is 4.92. The van der Waals surface area contributed by atoms with E-state index in [1.165, 1.54) is 0 Å². The Bertz CT molecular complexity index is 480. The maximum Gasteiger partial charge on any atom is 0.253 e. The quantitative estimate of drug-likeness (QED) is 0.843. The SMILES string of the molecule is O=C(NCc1cc[nH]c1)c1ccccc1Cl. The minimum atomic E-state index is -0.160. The van der Waals surface area contributed by atoms with Gasteiger partial charge in [0.25, 0.3) is 5.91 Å². The lowest BCUT2D eigenvalue weighted by molar-refractivity contribution is 0.0951. The van der Waals surface area contributed by atoms with E-state index in [4.69, 9.17) is 11.6 Å². The van der Waals surface area contributed by atoms with E-state index < -0.39 is 0 Å². The predicted octanol–water partition coefficient (Wildman–Crippen LogP) is 2.60. The van der Waals surface area contributed by atoms with Gasteiger partial charge in [-0.15, -0.1) is 0 Å². The molecule has 2 rings (SSSR count). The maximum absolute atomic E-state index is 11.8. The van der Waals surface area contributed by atoms with Crippen LogP contribution in [0.1, 0.15) is 15.9 Å². The highest BCUT2D eigenvalue weighted by Crippen LogP contribution is 2.14. The van der Waals surface area contributed by atoms with Crippen molar-refractivity contribution >= 4 is 17.5 Å². The third-order valence-electron chi connectivity index (χ3n) is 2.23. The average molecular weight is 235 g/mol. The largest absolute Gasteiger partial charge is 0.367 e. The summed E-state index contributed by atoms with van der Waals surface area (Å²) in [5.74, 6) is -0.160. The molecule has 82 valence electrons. The first-order chi connectivity index (χ1) is 7.77. The van der Waals surface area contributed by atoms with E-state index in [-0.39, 0.29) is 5.91 Å². The van der Waals surface area contributed by atoms with Crippen molar-refractivity contribution in [1.29, 1.82) is 0 Å². The van der Waals surface area contributed by atoms with Gasteiger partial charge in [0.2, 0.25) is 0 Å². The number of amides is 1. The number of nitrogens with one attached hydrogen (secondary N) is 2. The molecule has 2 aromatic rings. The molecule has 1 heterocycles. The molecule has 0 radical (unpaired) electrons. The summed E-state index contributed by atoms with van der Waals surface area (Å²) in [5, 5.41) is 3.27. The lowest BCUT2D eigenvalue weighted by atomic mass is 10.2. The van der Waals surface area contributed by atoms with Crippen LogP contribution in [0.25, 0.3) is 0 Å². The van der Waals surface area contributed by atoms with E-state index in [0.29, 0.717) is 17.1 Å². The minimum Gasteiger partial charge on any atom is -0.367 e. The number of hydrogen-bond donors (Lipinski definition) is 2. The van der Waals surface area contributed by atoms with Crippen molar-refractivity contribution in [2.75, 3.05) is 0 Å². The summed E-state index contributed by atoms with van der Waals surface area (Å²) in [6.07, 6.45) is 3.66. The van der Waals surface area contributed by atoms with Crippen molar-refractivity contribution in [2.24, 2.45) is 0 Å². The third-order valence-corrected chi connectivity index (χ3v) is 2.56. The van der Waals surface area contributed by atoms with Crippen LogP contribution in [-0.2, 0) is 6.54 Å². The Morgan fingerprint density at radius 1 is 1.31 bits per heavy atom. The molecule has 1 amide bonds. The zero-order valence-electron chi connectivity index (χ0n) is 8.53. The van der Waals surface area contributed by atoms with E-state index in [1.807, 2.05) is 18.5 Å². The van der Waals surface area contributed by atoms with Gasteiger partial charge in [0.1, 0.15) is 0 Å². The van der Waals surface area contributed by atoms with Crippen molar-refractivity contribution in [3.05, 3.63) is 58.9 Å². The van der Waals surface area contributed by atoms with Crippen LogP contribution in [0.5, 0.6) is 0 Å². The van der Waals surface area contributed by atoms with Crippen LogP contribution >= 0.6 is 11.6 Å². The number of carbonyl (C=O) groups is 1. The lowest BCUT2D eigenvalue weighted by Crippen LogP contribution is -2.22. The smallest absolute Gasteiger partial charge is 0.253 e. The van der Waals surface area contributed by atoms with Crippen molar-refractivity contribution < 1.29 is 4.79 Å². The highest BCUT2D eigenvalue weighted by Gasteiger charge is 2.08. The minimum absolute atomic E-state index is 0.160. The zero-order chi connectivity index (χ0) is 11.4. The fourth-order valence-electron chi connectivity index (χ4n) is 1.39. The van der Waals surface area contributed by atoms with Crippen LogP contribution < -0.4 is 5.32 Å². The number of benzene rings is 1. The highest BCUT2D eigenvalue weighted by atomic mass is 35.5. The Balaban J connectivity index is 2.01. The van der Waals surface area contributed by atoms with Gasteiger partial charge < -0.3 is 10.3 Å². The molecule has 0 saturated carbocycles. The molecule has 3 nitrogen and oxygen atoms in total. The van der Waals surface area contributed by atoms with Gasteiger partial charge in [-0.05, 0) is 23.8 Å². The highest BCUT2D eigenvalue weighted by molar-refractivity contribution is 6.33. The molecule has 1 aromatic carbocycles. The molecule has 2 N–H and O–H groups in total. The van der Waals surface area contributed by atoms with Gasteiger partial charge in [0, 0.05) is 18.9 Å². The summed E-state index contributed by atoms with van der Waals surface area (Å²) in [5.41, 5.74) is 1.53. The fourth-order valence-corrected chi connectivity index (χ4v) is 1.61. The molecule has 0 unspecified atom stereocenters. The summed E-state index contributed by atoms with van der Waals surface area (Å²) in [6.45, 7) is 0.494. The molecule has 0 aliphatic heterocycles. The lowest BCUT2D eigenvalue weighted by Gasteiger charge is -2.05. The Morgan fingerprint density at radius 2 is 2.12 bits per heavy atom. The molecule has 0 atom stereocenters. The monoisotopic (exact) mass is 234 g/mol. The van der Waals surface area contributed by atoms with Crippen molar-refractivity contribution in [3.63, 3.8) is 0 Å². The zero-order valence-corrected chi connectivity index (χ0v) is 9.29. The standard InChI is InChI=1S/C12H11ClN2O/c13-11-4-2-1-3-10(11)12(16)15-8-9-5-6-14-7-9/h1-7,14H,8H2,(H,15,16). The van der Waals surface area contributed by atoms with E-state index in [2.05, 4.69) is 10.3 Å². The molecule has 0 spiro atoms. The summed E-state index contributed by atoms with van der Waals surface area (Å²) in [6, 6.07) is 8.90. The maximum atomic E-state index is 11.8. The Morgan fingerprint density at radius 3 is 2.81 bits per heavy atom. The molecule has 4 heteroatoms. The number of halogens is 1. The van der Waals surface area contributed by atoms with Gasteiger partial charge in [-0.1, -0.05) is 23.7 Å². The Kier molecular flexibility index (Phi) is 3.27. The van der Waals surface area contributed by atoms with Crippen molar-refractivity contribution in [3.8, 4) is 0 Å². The topological polar surface area (TPSA) is 44.9 Å². The second kappa shape index (κ2) is 4.86. The van der Waals surface area contributed by atoms with Crippen LogP contribution in [0.4, 0.5) is 0 Å². The van der Waals surface area contributed by atoms with Gasteiger partial charge in [-0.25, -0.2) is 0 Å². The van der Waals surface area contributed by atoms with Gasteiger partial charge in [0.15, 0.2) is 0 Å². The van der Waals surface area contributed by atoms with Crippen LogP contribution in [0.15, 0.2) is 42.7 Å². The molecule has 16 heavy (non-hydrogen) atoms. The van der Waals surface area contributed by atoms with E-state index in [9.17, 15) is 4.79 Å². The number of aromatic amines is 1. The van der Waals surface area contributed by atoms with Gasteiger partial charge >= 0.3 is 0 Å². The number of rotatable bonds is 3. The summed E-state index contributed by atoms with van der Waals surface area (Å²) in [4.78, 5) is 14.7. The number of aromatic nitrogens is 1. The van der Waals surface area contributed by atoms with Crippen molar-refractivity contribution in [2.45, 2.75) is 6.54 Å². The van der Waals surface area contributed by atoms with Gasteiger partial charge in [-0.3, -0.25) is 4.79 Å². The number of H-pyrrole nitrogens is 1. The van der Waals surface area contributed by atoms with Gasteiger partial charge in [0.05, 0.1) is 10.6 Å². The molecular formula is C12H11ClN2O. The van der Waals surface area contributed by atoms with Crippen LogP contribution in [0.2, 0.25) is 5.02 Å². The van der Waals surface area contributed by atoms with Crippen LogP contribution in [0, 0.1) is 0 Å². The van der Waals surface area contributed by atoms with Crippen LogP contribution in [0.3, 0.4) is 0 Å². The van der Waals surface area contributed by atoms with Crippen molar-refractivity contribution in [1.82, 2.24) is 10.3 Å². The average Bonchev–Trinajstić information content (AvgIpc) is 2.79. The normalized spacial score (nSPS) is 10.1. The predicted molar refractivity (Wildman–Crippen MR) is 63.4 cm³/mol. The molecule has 1 aromatic heterocycles. The molecule has 0 saturated heterocycles. The molecule has 0 aliphatic carbocycles. The van der Waals surface area contributed by atoms with E-state index in [1.54, 1.807) is 24.3 Å². The van der Waals surface area contributed by atoms with E-state index >= 15 is 0 Å². The second-order valence-corrected chi connectivity index (χ2v) is 3.79. The number of carbonyl (C=O) groups excluding carboxylic acids is 1. The van der Waals surface area contributed by atoms with Gasteiger partial charge in [-0.2, -0.15) is 0 Å². The number of hydrogen-bond acceptors (Lipinski definition) is 1.